The Morgan fingerprint density at radius 1 is 1.16 bits per heavy atom. The Kier molecular flexibility index (Phi) is 4.50. The van der Waals surface area contributed by atoms with Gasteiger partial charge in [0.15, 0.2) is 0 Å². The van der Waals surface area contributed by atoms with Crippen LogP contribution in [-0.2, 0) is 0 Å². The van der Waals surface area contributed by atoms with Crippen molar-refractivity contribution in [1.29, 1.82) is 0 Å². The molecule has 1 amide bonds. The van der Waals surface area contributed by atoms with Gasteiger partial charge in [0, 0.05) is 15.2 Å². The van der Waals surface area contributed by atoms with Crippen molar-refractivity contribution in [2.24, 2.45) is 0 Å². The Hall–Kier alpha value is -1.03. The van der Waals surface area contributed by atoms with E-state index in [0.29, 0.717) is 21.3 Å². The van der Waals surface area contributed by atoms with Gasteiger partial charge in [-0.1, -0.05) is 39.1 Å². The zero-order valence-electron chi connectivity index (χ0n) is 10.0. The highest BCUT2D eigenvalue weighted by molar-refractivity contribution is 9.10. The second-order valence-corrected chi connectivity index (χ2v) is 5.85. The fourth-order valence-corrected chi connectivity index (χ4v) is 2.66. The number of amides is 1. The van der Waals surface area contributed by atoms with Crippen LogP contribution in [0.2, 0.25) is 10.0 Å². The van der Waals surface area contributed by atoms with Crippen LogP contribution in [0.4, 0.5) is 5.69 Å². The molecule has 0 aliphatic carbocycles. The zero-order valence-corrected chi connectivity index (χ0v) is 13.1. The minimum absolute atomic E-state index is 0.287. The third-order valence-corrected chi connectivity index (χ3v) is 3.50. The van der Waals surface area contributed by atoms with Crippen LogP contribution < -0.4 is 5.32 Å². The van der Waals surface area contributed by atoms with Crippen molar-refractivity contribution in [3.63, 3.8) is 0 Å². The molecule has 0 spiro atoms. The second-order valence-electron chi connectivity index (χ2n) is 4.10. The van der Waals surface area contributed by atoms with Gasteiger partial charge >= 0.3 is 0 Å². The summed E-state index contributed by atoms with van der Waals surface area (Å²) in [4.78, 5) is 12.1. The first kappa shape index (κ1) is 14.4. The molecule has 0 unspecified atom stereocenters. The van der Waals surface area contributed by atoms with Gasteiger partial charge in [0.25, 0.3) is 5.91 Å². The van der Waals surface area contributed by atoms with Gasteiger partial charge < -0.3 is 5.32 Å². The highest BCUT2D eigenvalue weighted by atomic mass is 79.9. The molecule has 5 heteroatoms. The van der Waals surface area contributed by atoms with E-state index in [4.69, 9.17) is 23.2 Å². The fourth-order valence-electron chi connectivity index (χ4n) is 1.68. The number of carbonyl (C=O) groups excluding carboxylic acids is 1. The monoisotopic (exact) mass is 357 g/mol. The van der Waals surface area contributed by atoms with Crippen molar-refractivity contribution in [1.82, 2.24) is 0 Å². The first-order chi connectivity index (χ1) is 8.95. The Morgan fingerprint density at radius 2 is 1.89 bits per heavy atom. The van der Waals surface area contributed by atoms with Crippen molar-refractivity contribution in [2.45, 2.75) is 6.92 Å². The topological polar surface area (TPSA) is 29.1 Å². The maximum Gasteiger partial charge on any atom is 0.257 e. The molecule has 2 rings (SSSR count). The average molecular weight is 359 g/mol. The van der Waals surface area contributed by atoms with E-state index in [0.717, 1.165) is 10.0 Å². The summed E-state index contributed by atoms with van der Waals surface area (Å²) in [5.74, 6) is -0.287. The lowest BCUT2D eigenvalue weighted by atomic mass is 10.2. The van der Waals surface area contributed by atoms with Gasteiger partial charge in [0.1, 0.15) is 0 Å². The van der Waals surface area contributed by atoms with Crippen LogP contribution in [0.1, 0.15) is 15.9 Å². The molecule has 2 aromatic rings. The first-order valence-corrected chi connectivity index (χ1v) is 7.04. The van der Waals surface area contributed by atoms with Crippen molar-refractivity contribution in [3.8, 4) is 0 Å². The molecule has 2 aromatic carbocycles. The average Bonchev–Trinajstić information content (AvgIpc) is 2.30. The number of anilines is 1. The lowest BCUT2D eigenvalue weighted by molar-refractivity contribution is 0.102. The van der Waals surface area contributed by atoms with Gasteiger partial charge in [-0.05, 0) is 48.9 Å². The van der Waals surface area contributed by atoms with Gasteiger partial charge in [-0.2, -0.15) is 0 Å². The summed E-state index contributed by atoms with van der Waals surface area (Å²) in [7, 11) is 0. The molecule has 0 saturated carbocycles. The summed E-state index contributed by atoms with van der Waals surface area (Å²) >= 11 is 15.2. The molecule has 98 valence electrons. The lowest BCUT2D eigenvalue weighted by Crippen LogP contribution is -2.12. The predicted octanol–water partition coefficient (Wildman–Crippen LogP) is 5.32. The summed E-state index contributed by atoms with van der Waals surface area (Å²) < 4.78 is 0.903. The van der Waals surface area contributed by atoms with E-state index < -0.39 is 0 Å². The minimum Gasteiger partial charge on any atom is -0.322 e. The van der Waals surface area contributed by atoms with E-state index in [1.54, 1.807) is 18.2 Å². The van der Waals surface area contributed by atoms with Gasteiger partial charge in [-0.25, -0.2) is 0 Å². The zero-order chi connectivity index (χ0) is 14.0. The summed E-state index contributed by atoms with van der Waals surface area (Å²) in [6.07, 6.45) is 0. The maximum absolute atomic E-state index is 12.1. The minimum atomic E-state index is -0.287. The summed E-state index contributed by atoms with van der Waals surface area (Å²) in [6, 6.07) is 10.4. The van der Waals surface area contributed by atoms with E-state index in [1.165, 1.54) is 0 Å². The molecule has 0 aliphatic heterocycles. The molecule has 19 heavy (non-hydrogen) atoms. The molecule has 0 fully saturated rings. The van der Waals surface area contributed by atoms with Crippen LogP contribution in [-0.4, -0.2) is 5.91 Å². The molecular formula is C14H10BrCl2NO. The lowest BCUT2D eigenvalue weighted by Gasteiger charge is -2.08. The Morgan fingerprint density at radius 3 is 2.58 bits per heavy atom. The number of hydrogen-bond acceptors (Lipinski definition) is 1. The second kappa shape index (κ2) is 5.95. The number of aryl methyl sites for hydroxylation is 1. The number of nitrogens with one attached hydrogen (secondary N) is 1. The standard InChI is InChI=1S/C14H10BrCl2NO/c1-8-4-9(15)6-11(5-8)18-14(19)12-7-10(16)2-3-13(12)17/h2-7H,1H3,(H,18,19). The SMILES string of the molecule is Cc1cc(Br)cc(NC(=O)c2cc(Cl)ccc2Cl)c1. The van der Waals surface area contributed by atoms with Crippen molar-refractivity contribution in [3.05, 3.63) is 62.0 Å². The number of rotatable bonds is 2. The van der Waals surface area contributed by atoms with E-state index in [2.05, 4.69) is 21.2 Å². The maximum atomic E-state index is 12.1. The number of hydrogen-bond donors (Lipinski definition) is 1. The molecule has 0 aliphatic rings. The van der Waals surface area contributed by atoms with Crippen LogP contribution in [0.5, 0.6) is 0 Å². The number of halogens is 3. The van der Waals surface area contributed by atoms with Crippen molar-refractivity contribution >= 4 is 50.7 Å². The van der Waals surface area contributed by atoms with E-state index in [9.17, 15) is 4.79 Å². The number of carbonyl (C=O) groups is 1. The molecule has 0 saturated heterocycles. The molecule has 1 N–H and O–H groups in total. The fraction of sp³-hybridized carbons (Fsp3) is 0.0714. The van der Waals surface area contributed by atoms with Gasteiger partial charge in [-0.3, -0.25) is 4.79 Å². The first-order valence-electron chi connectivity index (χ1n) is 5.49. The van der Waals surface area contributed by atoms with E-state index >= 15 is 0 Å². The summed E-state index contributed by atoms with van der Waals surface area (Å²) in [5, 5.41) is 3.64. The normalized spacial score (nSPS) is 10.3. The molecule has 0 bridgehead atoms. The molecule has 2 nitrogen and oxygen atoms in total. The summed E-state index contributed by atoms with van der Waals surface area (Å²) in [6.45, 7) is 1.95. The predicted molar refractivity (Wildman–Crippen MR) is 83.3 cm³/mol. The van der Waals surface area contributed by atoms with E-state index in [-0.39, 0.29) is 5.91 Å². The van der Waals surface area contributed by atoms with Crippen LogP contribution in [0.15, 0.2) is 40.9 Å². The molecule has 0 atom stereocenters. The molecular weight excluding hydrogens is 349 g/mol. The van der Waals surface area contributed by atoms with Gasteiger partial charge in [-0.15, -0.1) is 0 Å². The quantitative estimate of drug-likeness (QED) is 0.773. The van der Waals surface area contributed by atoms with Crippen molar-refractivity contribution < 1.29 is 4.79 Å². The highest BCUT2D eigenvalue weighted by Gasteiger charge is 2.11. The van der Waals surface area contributed by atoms with Crippen LogP contribution in [0, 0.1) is 6.92 Å². The molecule has 0 heterocycles. The van der Waals surface area contributed by atoms with Crippen molar-refractivity contribution in [2.75, 3.05) is 5.32 Å². The van der Waals surface area contributed by atoms with Crippen LogP contribution in [0.3, 0.4) is 0 Å². The van der Waals surface area contributed by atoms with Crippen LogP contribution >= 0.6 is 39.1 Å². The van der Waals surface area contributed by atoms with Gasteiger partial charge in [0.2, 0.25) is 0 Å². The largest absolute Gasteiger partial charge is 0.322 e. The Bertz CT molecular complexity index is 623. The smallest absolute Gasteiger partial charge is 0.257 e. The van der Waals surface area contributed by atoms with Crippen LogP contribution in [0.25, 0.3) is 0 Å². The van der Waals surface area contributed by atoms with Gasteiger partial charge in [0.05, 0.1) is 10.6 Å². The summed E-state index contributed by atoms with van der Waals surface area (Å²) in [5.41, 5.74) is 2.10. The van der Waals surface area contributed by atoms with E-state index in [1.807, 2.05) is 25.1 Å². The number of benzene rings is 2. The molecule has 0 aromatic heterocycles. The molecule has 0 radical (unpaired) electrons. The third-order valence-electron chi connectivity index (χ3n) is 2.47. The third kappa shape index (κ3) is 3.72. The highest BCUT2D eigenvalue weighted by Crippen LogP contribution is 2.23. The Labute approximate surface area is 129 Å². The Balaban J connectivity index is 2.28.